The highest BCUT2D eigenvalue weighted by Crippen LogP contribution is 2.31. The number of hydrogen-bond acceptors (Lipinski definition) is 5. The van der Waals surface area contributed by atoms with Crippen LogP contribution in [0.2, 0.25) is 0 Å². The Hall–Kier alpha value is -0.620. The van der Waals surface area contributed by atoms with Gasteiger partial charge in [-0.05, 0) is 13.3 Å². The maximum atomic E-state index is 11.4. The fourth-order valence-electron chi connectivity index (χ4n) is 1.70. The van der Waals surface area contributed by atoms with Crippen molar-refractivity contribution in [1.82, 2.24) is 0 Å². The van der Waals surface area contributed by atoms with Crippen molar-refractivity contribution in [1.29, 1.82) is 0 Å². The van der Waals surface area contributed by atoms with Gasteiger partial charge in [-0.15, -0.1) is 0 Å². The van der Waals surface area contributed by atoms with Crippen LogP contribution in [0.5, 0.6) is 0 Å². The van der Waals surface area contributed by atoms with Crippen LogP contribution >= 0.6 is 0 Å². The lowest BCUT2D eigenvalue weighted by molar-refractivity contribution is -0.151. The van der Waals surface area contributed by atoms with Gasteiger partial charge in [-0.25, -0.2) is 8.42 Å². The van der Waals surface area contributed by atoms with E-state index in [4.69, 9.17) is 5.73 Å². The summed E-state index contributed by atoms with van der Waals surface area (Å²) in [6, 6.07) is -0.446. The number of hydrogen-bond donors (Lipinski definition) is 1. The number of sulfone groups is 1. The van der Waals surface area contributed by atoms with Gasteiger partial charge < -0.3 is 10.5 Å². The van der Waals surface area contributed by atoms with E-state index in [1.165, 1.54) is 7.11 Å². The molecule has 0 radical (unpaired) electrons. The lowest BCUT2D eigenvalue weighted by Gasteiger charge is -2.35. The number of esters is 1. The van der Waals surface area contributed by atoms with Crippen LogP contribution < -0.4 is 5.73 Å². The molecule has 0 aromatic heterocycles. The second-order valence-electron chi connectivity index (χ2n) is 3.90. The molecule has 0 spiro atoms. The third-order valence-electron chi connectivity index (χ3n) is 2.73. The van der Waals surface area contributed by atoms with Crippen LogP contribution in [0.3, 0.4) is 0 Å². The van der Waals surface area contributed by atoms with Gasteiger partial charge in [0.25, 0.3) is 0 Å². The van der Waals surface area contributed by atoms with Gasteiger partial charge in [-0.1, -0.05) is 0 Å². The molecule has 14 heavy (non-hydrogen) atoms. The summed E-state index contributed by atoms with van der Waals surface area (Å²) in [5.41, 5.74) is 4.65. The molecule has 0 amide bonds. The van der Waals surface area contributed by atoms with E-state index in [1.807, 2.05) is 0 Å². The van der Waals surface area contributed by atoms with Gasteiger partial charge in [0, 0.05) is 6.04 Å². The lowest BCUT2D eigenvalue weighted by atomic mass is 9.83. The first-order valence-corrected chi connectivity index (χ1v) is 6.18. The summed E-state index contributed by atoms with van der Waals surface area (Å²) in [6.45, 7) is 1.54. The molecule has 82 valence electrons. The second-order valence-corrected chi connectivity index (χ2v) is 6.08. The number of rotatable bonds is 1. The van der Waals surface area contributed by atoms with Crippen molar-refractivity contribution in [3.05, 3.63) is 0 Å². The van der Waals surface area contributed by atoms with Crippen molar-refractivity contribution in [3.63, 3.8) is 0 Å². The highest BCUT2D eigenvalue weighted by Gasteiger charge is 2.47. The zero-order valence-corrected chi connectivity index (χ0v) is 9.13. The molecular formula is C8H15NO4S. The topological polar surface area (TPSA) is 86.5 Å². The third kappa shape index (κ3) is 1.90. The predicted octanol–water partition coefficient (Wildman–Crippen LogP) is -0.688. The van der Waals surface area contributed by atoms with E-state index in [1.54, 1.807) is 6.92 Å². The Kier molecular flexibility index (Phi) is 2.87. The van der Waals surface area contributed by atoms with Gasteiger partial charge in [0.2, 0.25) is 0 Å². The standard InChI is InChI=1S/C8H15NO4S/c1-8(7(10)13-2)5-14(11,12)4-3-6(8)9/h6H,3-5,9H2,1-2H3. The van der Waals surface area contributed by atoms with Gasteiger partial charge in [0.15, 0.2) is 9.84 Å². The maximum absolute atomic E-state index is 11.4. The van der Waals surface area contributed by atoms with Crippen LogP contribution in [-0.2, 0) is 19.4 Å². The summed E-state index contributed by atoms with van der Waals surface area (Å²) in [4.78, 5) is 11.4. The van der Waals surface area contributed by atoms with Gasteiger partial charge in [0.05, 0.1) is 24.0 Å². The van der Waals surface area contributed by atoms with Crippen molar-refractivity contribution in [3.8, 4) is 0 Å². The monoisotopic (exact) mass is 221 g/mol. The number of ether oxygens (including phenoxy) is 1. The molecule has 0 saturated carbocycles. The van der Waals surface area contributed by atoms with Gasteiger partial charge in [-0.2, -0.15) is 0 Å². The molecule has 1 aliphatic rings. The van der Waals surface area contributed by atoms with E-state index in [0.29, 0.717) is 6.42 Å². The summed E-state index contributed by atoms with van der Waals surface area (Å²) in [5, 5.41) is 0. The van der Waals surface area contributed by atoms with Crippen LogP contribution in [0, 0.1) is 5.41 Å². The largest absolute Gasteiger partial charge is 0.469 e. The fourth-order valence-corrected chi connectivity index (χ4v) is 3.71. The molecule has 6 heteroatoms. The van der Waals surface area contributed by atoms with Crippen LogP contribution in [-0.4, -0.2) is 39.0 Å². The smallest absolute Gasteiger partial charge is 0.314 e. The maximum Gasteiger partial charge on any atom is 0.314 e. The molecule has 0 aromatic rings. The van der Waals surface area contributed by atoms with Crippen molar-refractivity contribution in [2.24, 2.45) is 11.1 Å². The number of carbonyl (C=O) groups excluding carboxylic acids is 1. The second kappa shape index (κ2) is 3.51. The Labute approximate surface area is 83.5 Å². The van der Waals surface area contributed by atoms with E-state index in [2.05, 4.69) is 4.74 Å². The number of carbonyl (C=O) groups is 1. The quantitative estimate of drug-likeness (QED) is 0.592. The molecule has 1 saturated heterocycles. The van der Waals surface area contributed by atoms with E-state index < -0.39 is 27.3 Å². The highest BCUT2D eigenvalue weighted by atomic mass is 32.2. The highest BCUT2D eigenvalue weighted by molar-refractivity contribution is 7.91. The minimum Gasteiger partial charge on any atom is -0.469 e. The van der Waals surface area contributed by atoms with Gasteiger partial charge >= 0.3 is 5.97 Å². The van der Waals surface area contributed by atoms with Crippen molar-refractivity contribution < 1.29 is 17.9 Å². The molecule has 1 fully saturated rings. The summed E-state index contributed by atoms with van der Waals surface area (Å²) in [5.74, 6) is -0.706. The van der Waals surface area contributed by atoms with Crippen LogP contribution in [0.15, 0.2) is 0 Å². The average Bonchev–Trinajstić information content (AvgIpc) is 2.10. The Balaban J connectivity index is 3.00. The number of methoxy groups -OCH3 is 1. The summed E-state index contributed by atoms with van der Waals surface area (Å²) < 4.78 is 27.3. The Bertz CT molecular complexity index is 337. The predicted molar refractivity (Wildman–Crippen MR) is 51.4 cm³/mol. The van der Waals surface area contributed by atoms with Gasteiger partial charge in [0.1, 0.15) is 0 Å². The third-order valence-corrected chi connectivity index (χ3v) is 4.63. The molecule has 0 bridgehead atoms. The fraction of sp³-hybridized carbons (Fsp3) is 0.875. The van der Waals surface area contributed by atoms with Crippen LogP contribution in [0.1, 0.15) is 13.3 Å². The molecule has 0 aromatic carbocycles. The zero-order valence-electron chi connectivity index (χ0n) is 8.32. The summed E-state index contributed by atoms with van der Waals surface area (Å²) in [6.07, 6.45) is 0.313. The zero-order chi connectivity index (χ0) is 11.0. The minimum atomic E-state index is -3.16. The van der Waals surface area contributed by atoms with E-state index in [-0.39, 0.29) is 11.5 Å². The van der Waals surface area contributed by atoms with E-state index >= 15 is 0 Å². The average molecular weight is 221 g/mol. The molecule has 1 aliphatic heterocycles. The molecule has 2 N–H and O–H groups in total. The molecule has 2 atom stereocenters. The molecule has 1 rings (SSSR count). The van der Waals surface area contributed by atoms with Crippen molar-refractivity contribution >= 4 is 15.8 Å². The Morgan fingerprint density at radius 3 is 2.64 bits per heavy atom. The first-order chi connectivity index (χ1) is 6.32. The van der Waals surface area contributed by atoms with Crippen molar-refractivity contribution in [2.45, 2.75) is 19.4 Å². The molecule has 5 nitrogen and oxygen atoms in total. The SMILES string of the molecule is COC(=O)C1(C)CS(=O)(=O)CCC1N. The molecular weight excluding hydrogens is 206 g/mol. The molecule has 2 unspecified atom stereocenters. The lowest BCUT2D eigenvalue weighted by Crippen LogP contribution is -2.54. The van der Waals surface area contributed by atoms with E-state index in [9.17, 15) is 13.2 Å². The van der Waals surface area contributed by atoms with Crippen LogP contribution in [0.25, 0.3) is 0 Å². The van der Waals surface area contributed by atoms with Crippen LogP contribution in [0.4, 0.5) is 0 Å². The summed E-state index contributed by atoms with van der Waals surface area (Å²) >= 11 is 0. The van der Waals surface area contributed by atoms with Crippen molar-refractivity contribution in [2.75, 3.05) is 18.6 Å². The Morgan fingerprint density at radius 1 is 1.57 bits per heavy atom. The van der Waals surface area contributed by atoms with E-state index in [0.717, 1.165) is 0 Å². The number of nitrogens with two attached hydrogens (primary N) is 1. The first kappa shape index (κ1) is 11.5. The molecule has 1 heterocycles. The molecule has 0 aliphatic carbocycles. The Morgan fingerprint density at radius 2 is 2.14 bits per heavy atom. The normalized spacial score (nSPS) is 36.4. The summed E-state index contributed by atoms with van der Waals surface area (Å²) in [7, 11) is -1.92. The first-order valence-electron chi connectivity index (χ1n) is 4.36. The van der Waals surface area contributed by atoms with Gasteiger partial charge in [-0.3, -0.25) is 4.79 Å². The minimum absolute atomic E-state index is 0.0563.